The third-order valence-electron chi connectivity index (χ3n) is 2.59. The van der Waals surface area contributed by atoms with E-state index in [0.717, 1.165) is 4.90 Å². The first-order valence-corrected chi connectivity index (χ1v) is 5.62. The summed E-state index contributed by atoms with van der Waals surface area (Å²) >= 11 is 0. The Labute approximate surface area is 103 Å². The van der Waals surface area contributed by atoms with E-state index in [1.807, 2.05) is 0 Å². The molecule has 2 nitrogen and oxygen atoms in total. The highest BCUT2D eigenvalue weighted by Gasteiger charge is 2.30. The second-order valence-corrected chi connectivity index (χ2v) is 4.05. The lowest BCUT2D eigenvalue weighted by molar-refractivity contribution is -0.146. The fraction of sp³-hybridized carbons (Fsp3) is 0.500. The Hall–Kier alpha value is -1.14. The summed E-state index contributed by atoms with van der Waals surface area (Å²) in [5.41, 5.74) is 6.36. The van der Waals surface area contributed by atoms with Crippen molar-refractivity contribution in [2.75, 3.05) is 13.1 Å². The van der Waals surface area contributed by atoms with Crippen LogP contribution >= 0.6 is 0 Å². The summed E-state index contributed by atoms with van der Waals surface area (Å²) in [5, 5.41) is 0. The second-order valence-electron chi connectivity index (χ2n) is 4.05. The van der Waals surface area contributed by atoms with Crippen molar-refractivity contribution < 1.29 is 17.6 Å². The van der Waals surface area contributed by atoms with E-state index in [0.29, 0.717) is 5.56 Å². The third-order valence-corrected chi connectivity index (χ3v) is 2.59. The third kappa shape index (κ3) is 4.62. The van der Waals surface area contributed by atoms with Crippen LogP contribution in [-0.4, -0.2) is 24.2 Å². The Morgan fingerprint density at radius 2 is 1.94 bits per heavy atom. The maximum absolute atomic E-state index is 13.5. The Morgan fingerprint density at radius 3 is 2.44 bits per heavy atom. The fourth-order valence-corrected chi connectivity index (χ4v) is 1.65. The maximum Gasteiger partial charge on any atom is 0.401 e. The molecule has 1 aromatic carbocycles. The Bertz CT molecular complexity index is 390. The van der Waals surface area contributed by atoms with Crippen molar-refractivity contribution in [1.29, 1.82) is 0 Å². The topological polar surface area (TPSA) is 29.3 Å². The van der Waals surface area contributed by atoms with Crippen molar-refractivity contribution in [1.82, 2.24) is 4.90 Å². The standard InChI is InChI=1S/C12H16F4N2/c1-2-18(8-12(14,15)16)7-10-5-9(6-17)3-4-11(10)13/h3-5H,2,6-8,17H2,1H3. The molecule has 0 radical (unpaired) electrons. The predicted octanol–water partition coefficient (Wildman–Crippen LogP) is 2.67. The first kappa shape index (κ1) is 14.9. The lowest BCUT2D eigenvalue weighted by Gasteiger charge is -2.22. The summed E-state index contributed by atoms with van der Waals surface area (Å²) in [4.78, 5) is 1.14. The summed E-state index contributed by atoms with van der Waals surface area (Å²) in [6.07, 6.45) is -4.28. The van der Waals surface area contributed by atoms with E-state index in [1.165, 1.54) is 18.2 Å². The van der Waals surface area contributed by atoms with Crippen molar-refractivity contribution in [3.63, 3.8) is 0 Å². The predicted molar refractivity (Wildman–Crippen MR) is 61.3 cm³/mol. The van der Waals surface area contributed by atoms with Gasteiger partial charge in [0.05, 0.1) is 6.54 Å². The van der Waals surface area contributed by atoms with Gasteiger partial charge in [0.1, 0.15) is 5.82 Å². The van der Waals surface area contributed by atoms with Crippen molar-refractivity contribution >= 4 is 0 Å². The highest BCUT2D eigenvalue weighted by atomic mass is 19.4. The van der Waals surface area contributed by atoms with E-state index in [2.05, 4.69) is 0 Å². The van der Waals surface area contributed by atoms with Crippen LogP contribution in [0.15, 0.2) is 18.2 Å². The summed E-state index contributed by atoms with van der Waals surface area (Å²) in [6, 6.07) is 4.27. The second kappa shape index (κ2) is 6.15. The van der Waals surface area contributed by atoms with Gasteiger partial charge in [-0.05, 0) is 18.2 Å². The van der Waals surface area contributed by atoms with Gasteiger partial charge in [0, 0.05) is 18.7 Å². The Morgan fingerprint density at radius 1 is 1.28 bits per heavy atom. The van der Waals surface area contributed by atoms with Gasteiger partial charge in [-0.2, -0.15) is 13.2 Å². The molecule has 0 spiro atoms. The minimum Gasteiger partial charge on any atom is -0.326 e. The monoisotopic (exact) mass is 264 g/mol. The zero-order valence-corrected chi connectivity index (χ0v) is 10.1. The molecule has 102 valence electrons. The highest BCUT2D eigenvalue weighted by Crippen LogP contribution is 2.19. The Balaban J connectivity index is 2.81. The van der Waals surface area contributed by atoms with Crippen LogP contribution in [0.4, 0.5) is 17.6 Å². The van der Waals surface area contributed by atoms with Crippen LogP contribution in [0.3, 0.4) is 0 Å². The van der Waals surface area contributed by atoms with Gasteiger partial charge in [-0.3, -0.25) is 4.90 Å². The number of rotatable bonds is 5. The average molecular weight is 264 g/mol. The molecule has 0 aliphatic carbocycles. The molecule has 1 aromatic rings. The van der Waals surface area contributed by atoms with Gasteiger partial charge in [0.25, 0.3) is 0 Å². The van der Waals surface area contributed by atoms with Crippen LogP contribution in [0.2, 0.25) is 0 Å². The van der Waals surface area contributed by atoms with Gasteiger partial charge in [-0.15, -0.1) is 0 Å². The quantitative estimate of drug-likeness (QED) is 0.828. The maximum atomic E-state index is 13.5. The molecule has 0 saturated carbocycles. The van der Waals surface area contributed by atoms with Gasteiger partial charge in [0.2, 0.25) is 0 Å². The van der Waals surface area contributed by atoms with E-state index in [4.69, 9.17) is 5.73 Å². The molecule has 0 heterocycles. The van der Waals surface area contributed by atoms with Gasteiger partial charge < -0.3 is 5.73 Å². The minimum absolute atomic E-state index is 0.0737. The molecule has 0 saturated heterocycles. The zero-order chi connectivity index (χ0) is 13.8. The van der Waals surface area contributed by atoms with Gasteiger partial charge in [-0.25, -0.2) is 4.39 Å². The van der Waals surface area contributed by atoms with Crippen molar-refractivity contribution in [3.8, 4) is 0 Å². The molecule has 0 aliphatic rings. The highest BCUT2D eigenvalue weighted by molar-refractivity contribution is 5.25. The largest absolute Gasteiger partial charge is 0.401 e. The van der Waals surface area contributed by atoms with Crippen LogP contribution in [0, 0.1) is 5.82 Å². The number of hydrogen-bond acceptors (Lipinski definition) is 2. The SMILES string of the molecule is CCN(Cc1cc(CN)ccc1F)CC(F)(F)F. The molecule has 0 aromatic heterocycles. The molecule has 0 amide bonds. The first-order chi connectivity index (χ1) is 8.35. The van der Waals surface area contributed by atoms with E-state index in [-0.39, 0.29) is 25.2 Å². The molecular formula is C12H16F4N2. The van der Waals surface area contributed by atoms with E-state index in [1.54, 1.807) is 6.92 Å². The van der Waals surface area contributed by atoms with Crippen molar-refractivity contribution in [2.45, 2.75) is 26.2 Å². The summed E-state index contributed by atoms with van der Waals surface area (Å²) in [5.74, 6) is -0.507. The molecule has 0 aliphatic heterocycles. The molecular weight excluding hydrogens is 248 g/mol. The Kier molecular flexibility index (Phi) is 5.10. The number of nitrogens with zero attached hydrogens (tertiary/aromatic N) is 1. The molecule has 0 fully saturated rings. The number of alkyl halides is 3. The van der Waals surface area contributed by atoms with Gasteiger partial charge >= 0.3 is 6.18 Å². The number of nitrogens with two attached hydrogens (primary N) is 1. The molecule has 0 unspecified atom stereocenters. The number of halogens is 4. The van der Waals surface area contributed by atoms with Crippen molar-refractivity contribution in [2.24, 2.45) is 5.73 Å². The lowest BCUT2D eigenvalue weighted by atomic mass is 10.1. The lowest BCUT2D eigenvalue weighted by Crippen LogP contribution is -2.33. The van der Waals surface area contributed by atoms with Crippen LogP contribution in [-0.2, 0) is 13.1 Å². The molecule has 0 atom stereocenters. The van der Waals surface area contributed by atoms with E-state index >= 15 is 0 Å². The van der Waals surface area contributed by atoms with E-state index in [9.17, 15) is 17.6 Å². The molecule has 1 rings (SSSR count). The zero-order valence-electron chi connectivity index (χ0n) is 10.1. The number of benzene rings is 1. The summed E-state index contributed by atoms with van der Waals surface area (Å²) < 4.78 is 50.3. The summed E-state index contributed by atoms with van der Waals surface area (Å²) in [7, 11) is 0. The van der Waals surface area contributed by atoms with Crippen LogP contribution < -0.4 is 5.73 Å². The minimum atomic E-state index is -4.28. The molecule has 2 N–H and O–H groups in total. The first-order valence-electron chi connectivity index (χ1n) is 5.62. The fourth-order valence-electron chi connectivity index (χ4n) is 1.65. The van der Waals surface area contributed by atoms with Crippen LogP contribution in [0.25, 0.3) is 0 Å². The number of hydrogen-bond donors (Lipinski definition) is 1. The molecule has 6 heteroatoms. The van der Waals surface area contributed by atoms with Crippen LogP contribution in [0.5, 0.6) is 0 Å². The summed E-state index contributed by atoms with van der Waals surface area (Å²) in [6.45, 7) is 0.923. The van der Waals surface area contributed by atoms with Gasteiger partial charge in [0.15, 0.2) is 0 Å². The molecule has 18 heavy (non-hydrogen) atoms. The van der Waals surface area contributed by atoms with Gasteiger partial charge in [-0.1, -0.05) is 19.1 Å². The van der Waals surface area contributed by atoms with Crippen molar-refractivity contribution in [3.05, 3.63) is 35.1 Å². The van der Waals surface area contributed by atoms with E-state index < -0.39 is 18.5 Å². The molecule has 0 bridgehead atoms. The smallest absolute Gasteiger partial charge is 0.326 e. The normalized spacial score (nSPS) is 12.2. The van der Waals surface area contributed by atoms with Crippen LogP contribution in [0.1, 0.15) is 18.1 Å². The average Bonchev–Trinajstić information content (AvgIpc) is 2.29.